The number of aromatic nitrogens is 2. The van der Waals surface area contributed by atoms with Crippen LogP contribution < -0.4 is 20.3 Å². The first-order chi connectivity index (χ1) is 13.4. The fourth-order valence-corrected chi connectivity index (χ4v) is 3.66. The zero-order valence-corrected chi connectivity index (χ0v) is 15.0. The van der Waals surface area contributed by atoms with Crippen LogP contribution >= 0.6 is 0 Å². The molecule has 2 aliphatic heterocycles. The first-order valence-corrected chi connectivity index (χ1v) is 9.07. The molecule has 7 nitrogen and oxygen atoms in total. The number of nitrogens with zero attached hydrogens (tertiary/aromatic N) is 2. The SMILES string of the molecule is O=C(NC1CCN(c2cccc(OC(F)(F)F)c2)C1)c1n[nH]c2c1CNCC2. The van der Waals surface area contributed by atoms with E-state index in [0.717, 1.165) is 24.2 Å². The van der Waals surface area contributed by atoms with Gasteiger partial charge in [0.2, 0.25) is 0 Å². The van der Waals surface area contributed by atoms with E-state index >= 15 is 0 Å². The van der Waals surface area contributed by atoms with E-state index in [1.165, 1.54) is 18.2 Å². The molecule has 0 saturated carbocycles. The van der Waals surface area contributed by atoms with Crippen LogP contribution in [0.15, 0.2) is 24.3 Å². The summed E-state index contributed by atoms with van der Waals surface area (Å²) in [6, 6.07) is 5.76. The Balaban J connectivity index is 1.39. The zero-order valence-electron chi connectivity index (χ0n) is 15.0. The minimum atomic E-state index is -4.72. The number of benzene rings is 1. The quantitative estimate of drug-likeness (QED) is 0.737. The maximum Gasteiger partial charge on any atom is 0.573 e. The Hall–Kier alpha value is -2.75. The highest BCUT2D eigenvalue weighted by atomic mass is 19.4. The van der Waals surface area contributed by atoms with Gasteiger partial charge in [0.1, 0.15) is 5.75 Å². The second kappa shape index (κ2) is 7.34. The summed E-state index contributed by atoms with van der Waals surface area (Å²) < 4.78 is 41.2. The van der Waals surface area contributed by atoms with Crippen molar-refractivity contribution in [3.8, 4) is 5.75 Å². The van der Waals surface area contributed by atoms with Gasteiger partial charge in [-0.3, -0.25) is 9.89 Å². The van der Waals surface area contributed by atoms with Crippen molar-refractivity contribution in [3.63, 3.8) is 0 Å². The molecule has 1 aromatic heterocycles. The van der Waals surface area contributed by atoms with Gasteiger partial charge in [-0.25, -0.2) is 0 Å². The van der Waals surface area contributed by atoms with Crippen LogP contribution in [-0.4, -0.2) is 48.1 Å². The highest BCUT2D eigenvalue weighted by Crippen LogP contribution is 2.28. The van der Waals surface area contributed by atoms with Crippen LogP contribution in [0.2, 0.25) is 0 Å². The number of hydrogen-bond donors (Lipinski definition) is 3. The lowest BCUT2D eigenvalue weighted by Gasteiger charge is -2.20. The molecular weight excluding hydrogens is 375 g/mol. The molecule has 1 fully saturated rings. The highest BCUT2D eigenvalue weighted by molar-refractivity contribution is 5.94. The van der Waals surface area contributed by atoms with Crippen LogP contribution in [0.4, 0.5) is 18.9 Å². The third-order valence-electron chi connectivity index (χ3n) is 4.96. The number of anilines is 1. The Labute approximate surface area is 159 Å². The van der Waals surface area contributed by atoms with Gasteiger partial charge < -0.3 is 20.3 Å². The number of alkyl halides is 3. The van der Waals surface area contributed by atoms with Crippen LogP contribution in [0.25, 0.3) is 0 Å². The number of halogens is 3. The molecule has 0 spiro atoms. The highest BCUT2D eigenvalue weighted by Gasteiger charge is 2.32. The Bertz CT molecular complexity index is 867. The molecule has 3 N–H and O–H groups in total. The number of H-pyrrole nitrogens is 1. The Morgan fingerprint density at radius 3 is 3.04 bits per heavy atom. The van der Waals surface area contributed by atoms with Gasteiger partial charge in [-0.15, -0.1) is 13.2 Å². The van der Waals surface area contributed by atoms with Crippen molar-refractivity contribution < 1.29 is 22.7 Å². The maximum atomic E-state index is 12.6. The smallest absolute Gasteiger partial charge is 0.406 e. The minimum absolute atomic E-state index is 0.108. The van der Waals surface area contributed by atoms with Gasteiger partial charge in [0, 0.05) is 61.7 Å². The van der Waals surface area contributed by atoms with Gasteiger partial charge in [-0.2, -0.15) is 5.10 Å². The molecular formula is C18H20F3N5O2. The number of amides is 1. The average molecular weight is 395 g/mol. The van der Waals surface area contributed by atoms with Gasteiger partial charge in [0.25, 0.3) is 5.91 Å². The monoisotopic (exact) mass is 395 g/mol. The van der Waals surface area contributed by atoms with E-state index in [2.05, 4.69) is 25.6 Å². The number of nitrogens with one attached hydrogen (secondary N) is 3. The summed E-state index contributed by atoms with van der Waals surface area (Å²) in [5, 5.41) is 13.3. The summed E-state index contributed by atoms with van der Waals surface area (Å²) in [5.74, 6) is -0.490. The molecule has 1 aromatic carbocycles. The molecule has 4 rings (SSSR count). The molecule has 1 saturated heterocycles. The Morgan fingerprint density at radius 1 is 1.36 bits per heavy atom. The molecule has 1 atom stereocenters. The molecule has 0 bridgehead atoms. The van der Waals surface area contributed by atoms with Gasteiger partial charge in [-0.05, 0) is 18.6 Å². The predicted octanol–water partition coefficient (Wildman–Crippen LogP) is 1.96. The topological polar surface area (TPSA) is 82.3 Å². The molecule has 10 heteroatoms. The van der Waals surface area contributed by atoms with Gasteiger partial charge >= 0.3 is 6.36 Å². The molecule has 2 aliphatic rings. The van der Waals surface area contributed by atoms with E-state index in [1.54, 1.807) is 6.07 Å². The van der Waals surface area contributed by atoms with Crippen molar-refractivity contribution >= 4 is 11.6 Å². The first-order valence-electron chi connectivity index (χ1n) is 9.07. The van der Waals surface area contributed by atoms with Crippen LogP contribution in [0, 0.1) is 0 Å². The molecule has 150 valence electrons. The number of ether oxygens (including phenoxy) is 1. The zero-order chi connectivity index (χ0) is 19.7. The lowest BCUT2D eigenvalue weighted by atomic mass is 10.1. The van der Waals surface area contributed by atoms with Crippen LogP contribution in [0.5, 0.6) is 5.75 Å². The van der Waals surface area contributed by atoms with Crippen molar-refractivity contribution in [2.45, 2.75) is 31.8 Å². The van der Waals surface area contributed by atoms with Crippen LogP contribution in [0.3, 0.4) is 0 Å². The lowest BCUT2D eigenvalue weighted by molar-refractivity contribution is -0.274. The fourth-order valence-electron chi connectivity index (χ4n) is 3.66. The Morgan fingerprint density at radius 2 is 2.21 bits per heavy atom. The van der Waals surface area contributed by atoms with E-state index in [9.17, 15) is 18.0 Å². The minimum Gasteiger partial charge on any atom is -0.406 e. The van der Waals surface area contributed by atoms with E-state index in [1.807, 2.05) is 4.90 Å². The van der Waals surface area contributed by atoms with E-state index < -0.39 is 6.36 Å². The molecule has 1 amide bonds. The second-order valence-corrected chi connectivity index (χ2v) is 6.91. The lowest BCUT2D eigenvalue weighted by Crippen LogP contribution is -2.38. The van der Waals surface area contributed by atoms with E-state index in [-0.39, 0.29) is 17.7 Å². The molecule has 0 aliphatic carbocycles. The normalized spacial score (nSPS) is 19.4. The number of rotatable bonds is 4. The van der Waals surface area contributed by atoms with Crippen molar-refractivity contribution in [3.05, 3.63) is 41.2 Å². The van der Waals surface area contributed by atoms with Crippen molar-refractivity contribution in [2.24, 2.45) is 0 Å². The standard InChI is InChI=1S/C18H20F3N5O2/c19-18(20,21)28-13-3-1-2-12(8-13)26-7-5-11(10-26)23-17(27)16-14-9-22-6-4-15(14)24-25-16/h1-3,8,11,22H,4-7,9-10H2,(H,23,27)(H,24,25). The first kappa shape index (κ1) is 18.6. The molecule has 28 heavy (non-hydrogen) atoms. The third-order valence-corrected chi connectivity index (χ3v) is 4.96. The maximum absolute atomic E-state index is 12.6. The summed E-state index contributed by atoms with van der Waals surface area (Å²) >= 11 is 0. The molecule has 1 unspecified atom stereocenters. The number of carbonyl (C=O) groups excluding carboxylic acids is 1. The van der Waals surface area contributed by atoms with Gasteiger partial charge in [0.05, 0.1) is 0 Å². The van der Waals surface area contributed by atoms with Crippen molar-refractivity contribution in [2.75, 3.05) is 24.5 Å². The summed E-state index contributed by atoms with van der Waals surface area (Å²) in [5.41, 5.74) is 2.91. The second-order valence-electron chi connectivity index (χ2n) is 6.91. The number of fused-ring (bicyclic) bond motifs is 1. The van der Waals surface area contributed by atoms with E-state index in [0.29, 0.717) is 37.4 Å². The van der Waals surface area contributed by atoms with Gasteiger partial charge in [0.15, 0.2) is 5.69 Å². The average Bonchev–Trinajstić information content (AvgIpc) is 3.27. The summed E-state index contributed by atoms with van der Waals surface area (Å²) in [7, 11) is 0. The third kappa shape index (κ3) is 4.06. The predicted molar refractivity (Wildman–Crippen MR) is 95.2 cm³/mol. The summed E-state index contributed by atoms with van der Waals surface area (Å²) in [6.45, 7) is 2.59. The van der Waals surface area contributed by atoms with Crippen molar-refractivity contribution in [1.29, 1.82) is 0 Å². The Kier molecular flexibility index (Phi) is 4.88. The van der Waals surface area contributed by atoms with Crippen LogP contribution in [-0.2, 0) is 13.0 Å². The number of aromatic amines is 1. The summed E-state index contributed by atoms with van der Waals surface area (Å²) in [4.78, 5) is 14.5. The number of carbonyl (C=O) groups is 1. The number of hydrogen-bond acceptors (Lipinski definition) is 5. The largest absolute Gasteiger partial charge is 0.573 e. The van der Waals surface area contributed by atoms with Crippen LogP contribution in [0.1, 0.15) is 28.2 Å². The van der Waals surface area contributed by atoms with Crippen molar-refractivity contribution in [1.82, 2.24) is 20.8 Å². The summed E-state index contributed by atoms with van der Waals surface area (Å²) in [6.07, 6.45) is -3.22. The molecule has 2 aromatic rings. The van der Waals surface area contributed by atoms with E-state index in [4.69, 9.17) is 0 Å². The van der Waals surface area contributed by atoms with Gasteiger partial charge in [-0.1, -0.05) is 6.07 Å². The fraction of sp³-hybridized carbons (Fsp3) is 0.444. The molecule has 0 radical (unpaired) electrons. The molecule has 3 heterocycles.